The minimum Gasteiger partial charge on any atom is -0.478 e. The Morgan fingerprint density at radius 3 is 2.23 bits per heavy atom. The smallest absolute Gasteiger partial charge is 0.336 e. The summed E-state index contributed by atoms with van der Waals surface area (Å²) < 4.78 is 0. The van der Waals surface area contributed by atoms with Crippen molar-refractivity contribution < 1.29 is 14.7 Å². The van der Waals surface area contributed by atoms with E-state index in [4.69, 9.17) is 0 Å². The van der Waals surface area contributed by atoms with Crippen LogP contribution in [0.2, 0.25) is 0 Å². The zero-order valence-corrected chi connectivity index (χ0v) is 12.3. The molecule has 0 aliphatic heterocycles. The van der Waals surface area contributed by atoms with Crippen LogP contribution in [0.5, 0.6) is 0 Å². The number of nitrogens with one attached hydrogen (secondary N) is 2. The average Bonchev–Trinajstić information content (AvgIpc) is 2.50. The van der Waals surface area contributed by atoms with Crippen LogP contribution in [0.1, 0.15) is 0 Å². The number of carboxylic acid groups (broad SMARTS) is 1. The van der Waals surface area contributed by atoms with Gasteiger partial charge in [0.05, 0.1) is 11.1 Å². The van der Waals surface area contributed by atoms with Crippen LogP contribution in [-0.2, 0) is 9.59 Å². The van der Waals surface area contributed by atoms with E-state index in [2.05, 4.69) is 23.8 Å². The first-order valence-electron chi connectivity index (χ1n) is 6.51. The topological polar surface area (TPSA) is 78.4 Å². The predicted molar refractivity (Wildman–Crippen MR) is 88.8 cm³/mol. The fourth-order valence-electron chi connectivity index (χ4n) is 1.75. The molecule has 0 atom stereocenters. The second-order valence-electron chi connectivity index (χ2n) is 4.22. The molecule has 0 saturated heterocycles. The lowest BCUT2D eigenvalue weighted by Gasteiger charge is -2.10. The van der Waals surface area contributed by atoms with Gasteiger partial charge in [-0.1, -0.05) is 31.4 Å². The number of anilines is 2. The van der Waals surface area contributed by atoms with Gasteiger partial charge in [0, 0.05) is 18.4 Å². The highest BCUT2D eigenvalue weighted by Crippen LogP contribution is 2.18. The molecular weight excluding hydrogens is 280 g/mol. The number of benzene rings is 1. The summed E-state index contributed by atoms with van der Waals surface area (Å²) in [5.74, 6) is -1.75. The maximum absolute atomic E-state index is 12.3. The molecule has 5 nitrogen and oxygen atoms in total. The van der Waals surface area contributed by atoms with Crippen molar-refractivity contribution in [2.75, 3.05) is 17.7 Å². The molecule has 0 bridgehead atoms. The number of hydrogen-bond acceptors (Lipinski definition) is 3. The molecule has 22 heavy (non-hydrogen) atoms. The van der Waals surface area contributed by atoms with Crippen molar-refractivity contribution in [1.29, 1.82) is 0 Å². The molecule has 0 aliphatic carbocycles. The molecule has 0 spiro atoms. The van der Waals surface area contributed by atoms with Crippen LogP contribution in [-0.4, -0.2) is 24.0 Å². The molecule has 0 aromatic heterocycles. The maximum atomic E-state index is 12.3. The van der Waals surface area contributed by atoms with Crippen molar-refractivity contribution in [1.82, 2.24) is 0 Å². The average molecular weight is 298 g/mol. The van der Waals surface area contributed by atoms with E-state index in [0.717, 1.165) is 5.69 Å². The van der Waals surface area contributed by atoms with E-state index in [1.165, 1.54) is 24.3 Å². The highest BCUT2D eigenvalue weighted by Gasteiger charge is 2.19. The standard InChI is InChI=1S/C17H18N2O3/c1-4-7-14(15(8-5-2)17(21)22)16(20)19-13-10-6-9-12(11-13)18-3/h4-11,18H,1-2H2,3H3,(H,19,20)(H,21,22)/b14-7+,15-8+. The predicted octanol–water partition coefficient (Wildman–Crippen LogP) is 2.98. The monoisotopic (exact) mass is 298 g/mol. The molecule has 114 valence electrons. The Labute approximate surface area is 129 Å². The van der Waals surface area contributed by atoms with E-state index in [1.54, 1.807) is 25.2 Å². The minimum absolute atomic E-state index is 0.00254. The molecule has 0 heterocycles. The van der Waals surface area contributed by atoms with E-state index in [0.29, 0.717) is 5.69 Å². The summed E-state index contributed by atoms with van der Waals surface area (Å²) in [6, 6.07) is 7.06. The number of aliphatic carboxylic acids is 1. The molecule has 1 amide bonds. The zero-order chi connectivity index (χ0) is 16.5. The first kappa shape index (κ1) is 17.0. The van der Waals surface area contributed by atoms with Crippen LogP contribution in [0, 0.1) is 0 Å². The highest BCUT2D eigenvalue weighted by molar-refractivity contribution is 6.14. The van der Waals surface area contributed by atoms with E-state index >= 15 is 0 Å². The number of hydrogen-bond donors (Lipinski definition) is 3. The van der Waals surface area contributed by atoms with Gasteiger partial charge in [-0.15, -0.1) is 0 Å². The van der Waals surface area contributed by atoms with Gasteiger partial charge in [-0.05, 0) is 30.4 Å². The Morgan fingerprint density at radius 2 is 1.68 bits per heavy atom. The summed E-state index contributed by atoms with van der Waals surface area (Å²) in [6.45, 7) is 6.97. The fraction of sp³-hybridized carbons (Fsp3) is 0.0588. The summed E-state index contributed by atoms with van der Waals surface area (Å²) in [5, 5.41) is 14.8. The molecule has 0 radical (unpaired) electrons. The van der Waals surface area contributed by atoms with Gasteiger partial charge < -0.3 is 15.7 Å². The lowest BCUT2D eigenvalue weighted by atomic mass is 10.0. The Morgan fingerprint density at radius 1 is 1.09 bits per heavy atom. The van der Waals surface area contributed by atoms with Crippen LogP contribution in [0.15, 0.2) is 72.9 Å². The lowest BCUT2D eigenvalue weighted by Crippen LogP contribution is -2.19. The first-order chi connectivity index (χ1) is 10.5. The van der Waals surface area contributed by atoms with Gasteiger partial charge in [-0.3, -0.25) is 4.79 Å². The number of carboxylic acids is 1. The number of carbonyl (C=O) groups is 2. The van der Waals surface area contributed by atoms with Crippen LogP contribution in [0.25, 0.3) is 0 Å². The van der Waals surface area contributed by atoms with Gasteiger partial charge in [0.2, 0.25) is 0 Å². The number of allylic oxidation sites excluding steroid dienone is 4. The van der Waals surface area contributed by atoms with E-state index in [-0.39, 0.29) is 11.1 Å². The Hall–Kier alpha value is -3.08. The Bertz CT molecular complexity index is 658. The summed E-state index contributed by atoms with van der Waals surface area (Å²) in [5.41, 5.74) is 1.22. The quantitative estimate of drug-likeness (QED) is 0.534. The molecule has 5 heteroatoms. The van der Waals surface area contributed by atoms with Crippen molar-refractivity contribution in [3.63, 3.8) is 0 Å². The molecule has 0 saturated carbocycles. The normalized spacial score (nSPS) is 11.5. The molecule has 1 aromatic carbocycles. The number of carbonyl (C=O) groups excluding carboxylic acids is 1. The van der Waals surface area contributed by atoms with Crippen LogP contribution >= 0.6 is 0 Å². The molecule has 0 aliphatic rings. The van der Waals surface area contributed by atoms with Gasteiger partial charge in [-0.2, -0.15) is 0 Å². The van der Waals surface area contributed by atoms with Gasteiger partial charge in [0.25, 0.3) is 5.91 Å². The summed E-state index contributed by atoms with van der Waals surface area (Å²) in [4.78, 5) is 23.6. The van der Waals surface area contributed by atoms with Crippen molar-refractivity contribution in [2.24, 2.45) is 0 Å². The molecule has 1 aromatic rings. The Kier molecular flexibility index (Phi) is 6.37. The van der Waals surface area contributed by atoms with Crippen LogP contribution < -0.4 is 10.6 Å². The van der Waals surface area contributed by atoms with Gasteiger partial charge in [0.1, 0.15) is 0 Å². The van der Waals surface area contributed by atoms with Crippen molar-refractivity contribution in [3.05, 3.63) is 72.9 Å². The summed E-state index contributed by atoms with van der Waals surface area (Å²) in [7, 11) is 1.76. The van der Waals surface area contributed by atoms with Crippen LogP contribution in [0.4, 0.5) is 11.4 Å². The molecular formula is C17H18N2O3. The van der Waals surface area contributed by atoms with E-state index in [9.17, 15) is 14.7 Å². The molecule has 0 fully saturated rings. The fourth-order valence-corrected chi connectivity index (χ4v) is 1.75. The van der Waals surface area contributed by atoms with E-state index in [1.807, 2.05) is 6.07 Å². The van der Waals surface area contributed by atoms with Crippen LogP contribution in [0.3, 0.4) is 0 Å². The second-order valence-corrected chi connectivity index (χ2v) is 4.22. The van der Waals surface area contributed by atoms with E-state index < -0.39 is 11.9 Å². The van der Waals surface area contributed by atoms with Crippen molar-refractivity contribution in [3.8, 4) is 0 Å². The second kappa shape index (κ2) is 8.26. The van der Waals surface area contributed by atoms with Gasteiger partial charge in [0.15, 0.2) is 0 Å². The van der Waals surface area contributed by atoms with Gasteiger partial charge >= 0.3 is 5.97 Å². The third-order valence-corrected chi connectivity index (χ3v) is 2.74. The number of amides is 1. The minimum atomic E-state index is -1.22. The highest BCUT2D eigenvalue weighted by atomic mass is 16.4. The maximum Gasteiger partial charge on any atom is 0.336 e. The summed E-state index contributed by atoms with van der Waals surface area (Å²) in [6.07, 6.45) is 5.29. The van der Waals surface area contributed by atoms with Crippen molar-refractivity contribution in [2.45, 2.75) is 0 Å². The molecule has 3 N–H and O–H groups in total. The molecule has 0 unspecified atom stereocenters. The first-order valence-corrected chi connectivity index (χ1v) is 6.51. The summed E-state index contributed by atoms with van der Waals surface area (Å²) >= 11 is 0. The van der Waals surface area contributed by atoms with Crippen molar-refractivity contribution >= 4 is 23.3 Å². The van der Waals surface area contributed by atoms with Gasteiger partial charge in [-0.25, -0.2) is 4.79 Å². The lowest BCUT2D eigenvalue weighted by molar-refractivity contribution is -0.132. The SMILES string of the molecule is C=C/C=C(C(=O)O)\C(=C/C=C)C(=O)Nc1cccc(NC)c1. The molecule has 1 rings (SSSR count). The zero-order valence-electron chi connectivity index (χ0n) is 12.3. The largest absolute Gasteiger partial charge is 0.478 e. The third kappa shape index (κ3) is 4.49. The third-order valence-electron chi connectivity index (χ3n) is 2.74. The Balaban J connectivity index is 3.11. The number of rotatable bonds is 7.